The Balaban J connectivity index is 1.26. The number of benzene rings is 2. The quantitative estimate of drug-likeness (QED) is 0.738. The first-order valence-corrected chi connectivity index (χ1v) is 11.3. The third-order valence-corrected chi connectivity index (χ3v) is 6.71. The van der Waals surface area contributed by atoms with E-state index in [-0.39, 0.29) is 18.5 Å². The fourth-order valence-electron chi connectivity index (χ4n) is 4.88. The van der Waals surface area contributed by atoms with E-state index >= 15 is 0 Å². The Morgan fingerprint density at radius 3 is 2.27 bits per heavy atom. The third kappa shape index (κ3) is 5.55. The number of rotatable bonds is 5. The normalized spacial score (nSPS) is 20.1. The smallest absolute Gasteiger partial charge is 0.343 e. The zero-order valence-corrected chi connectivity index (χ0v) is 18.4. The van der Waals surface area contributed by atoms with Crippen molar-refractivity contribution in [2.45, 2.75) is 37.4 Å². The van der Waals surface area contributed by atoms with Crippen LogP contribution >= 0.6 is 0 Å². The van der Waals surface area contributed by atoms with Crippen molar-refractivity contribution in [3.63, 3.8) is 0 Å². The summed E-state index contributed by atoms with van der Waals surface area (Å²) in [5.74, 6) is -0.596. The molecule has 33 heavy (non-hydrogen) atoms. The Hall–Kier alpha value is -2.87. The van der Waals surface area contributed by atoms with Gasteiger partial charge in [-0.05, 0) is 56.0 Å². The molecule has 1 atom stereocenters. The third-order valence-electron chi connectivity index (χ3n) is 6.71. The lowest BCUT2D eigenvalue weighted by atomic mass is 9.89. The number of nitrogens with one attached hydrogen (secondary N) is 1. The van der Waals surface area contributed by atoms with Gasteiger partial charge < -0.3 is 10.2 Å². The van der Waals surface area contributed by atoms with E-state index in [0.717, 1.165) is 44.5 Å². The van der Waals surface area contributed by atoms with Crippen LogP contribution in [0.25, 0.3) is 0 Å². The van der Waals surface area contributed by atoms with E-state index in [2.05, 4.69) is 34.5 Å². The highest BCUT2D eigenvalue weighted by Gasteiger charge is 2.36. The lowest BCUT2D eigenvalue weighted by Crippen LogP contribution is -2.44. The Labute approximate surface area is 191 Å². The van der Waals surface area contributed by atoms with Gasteiger partial charge in [0.2, 0.25) is 5.91 Å². The van der Waals surface area contributed by atoms with Gasteiger partial charge in [0.1, 0.15) is 0 Å². The summed E-state index contributed by atoms with van der Waals surface area (Å²) in [5.41, 5.74) is -0.100. The second-order valence-corrected chi connectivity index (χ2v) is 8.73. The van der Waals surface area contributed by atoms with E-state index in [1.807, 2.05) is 6.07 Å². The van der Waals surface area contributed by atoms with Gasteiger partial charge in [0.25, 0.3) is 5.91 Å². The van der Waals surface area contributed by atoms with Crippen molar-refractivity contribution < 1.29 is 22.8 Å². The first-order chi connectivity index (χ1) is 15.8. The Morgan fingerprint density at radius 2 is 1.58 bits per heavy atom. The predicted octanol–water partition coefficient (Wildman–Crippen LogP) is 3.92. The van der Waals surface area contributed by atoms with E-state index in [1.54, 1.807) is 4.90 Å². The molecule has 1 N–H and O–H groups in total. The molecule has 1 unspecified atom stereocenters. The van der Waals surface area contributed by atoms with Gasteiger partial charge in [0.05, 0.1) is 17.7 Å². The number of alkyl halides is 3. The van der Waals surface area contributed by atoms with Gasteiger partial charge in [0.15, 0.2) is 0 Å². The van der Waals surface area contributed by atoms with E-state index in [0.29, 0.717) is 19.0 Å². The monoisotopic (exact) mass is 459 g/mol. The Bertz CT molecular complexity index is 972. The number of halogens is 3. The first kappa shape index (κ1) is 23.3. The highest BCUT2D eigenvalue weighted by atomic mass is 19.4. The predicted molar refractivity (Wildman–Crippen MR) is 119 cm³/mol. The van der Waals surface area contributed by atoms with E-state index < -0.39 is 23.2 Å². The van der Waals surface area contributed by atoms with Crippen molar-refractivity contribution in [2.24, 2.45) is 0 Å². The second kappa shape index (κ2) is 9.95. The van der Waals surface area contributed by atoms with Gasteiger partial charge in [-0.25, -0.2) is 0 Å². The van der Waals surface area contributed by atoms with Gasteiger partial charge in [0, 0.05) is 19.1 Å². The summed E-state index contributed by atoms with van der Waals surface area (Å²) in [6.07, 6.45) is -1.59. The highest BCUT2D eigenvalue weighted by molar-refractivity contribution is 5.97. The van der Waals surface area contributed by atoms with Crippen LogP contribution in [0.4, 0.5) is 13.2 Å². The van der Waals surface area contributed by atoms with Crippen LogP contribution in [0.2, 0.25) is 0 Å². The molecule has 0 saturated carbocycles. The zero-order valence-electron chi connectivity index (χ0n) is 18.4. The maximum Gasteiger partial charge on any atom is 0.417 e. The number of hydrogen-bond donors (Lipinski definition) is 1. The lowest BCUT2D eigenvalue weighted by molar-refractivity contribution is -0.137. The van der Waals surface area contributed by atoms with Gasteiger partial charge >= 0.3 is 6.18 Å². The molecule has 8 heteroatoms. The standard InChI is InChI=1S/C25H28F3N3O2/c26-25(27,28)22-9-5-4-8-21(22)24(33)29-16-23(32)31-15-12-20(17-31)30-13-10-19(11-14-30)18-6-2-1-3-7-18/h1-9,19-20H,10-17H2,(H,29,33). The van der Waals surface area contributed by atoms with Crippen LogP contribution in [-0.4, -0.2) is 60.4 Å². The summed E-state index contributed by atoms with van der Waals surface area (Å²) in [6.45, 7) is 2.84. The summed E-state index contributed by atoms with van der Waals surface area (Å²) < 4.78 is 39.4. The summed E-state index contributed by atoms with van der Waals surface area (Å²) in [7, 11) is 0. The molecule has 2 aliphatic rings. The van der Waals surface area contributed by atoms with Crippen molar-refractivity contribution in [1.82, 2.24) is 15.1 Å². The van der Waals surface area contributed by atoms with E-state index in [4.69, 9.17) is 0 Å². The Kier molecular flexibility index (Phi) is 7.02. The molecule has 0 spiro atoms. The molecule has 5 nitrogen and oxygen atoms in total. The van der Waals surface area contributed by atoms with Crippen LogP contribution in [0.5, 0.6) is 0 Å². The fraction of sp³-hybridized carbons (Fsp3) is 0.440. The molecule has 176 valence electrons. The zero-order chi connectivity index (χ0) is 23.4. The first-order valence-electron chi connectivity index (χ1n) is 11.3. The van der Waals surface area contributed by atoms with Gasteiger partial charge in [-0.2, -0.15) is 13.2 Å². The molecule has 0 aliphatic carbocycles. The average molecular weight is 460 g/mol. The summed E-state index contributed by atoms with van der Waals surface area (Å²) >= 11 is 0. The van der Waals surface area contributed by atoms with Crippen molar-refractivity contribution in [3.8, 4) is 0 Å². The van der Waals surface area contributed by atoms with Crippen LogP contribution in [0, 0.1) is 0 Å². The number of amides is 2. The maximum absolute atomic E-state index is 13.1. The molecule has 2 saturated heterocycles. The van der Waals surface area contributed by atoms with Crippen LogP contribution in [0.15, 0.2) is 54.6 Å². The molecular weight excluding hydrogens is 431 g/mol. The summed E-state index contributed by atoms with van der Waals surface area (Å²) in [5, 5.41) is 2.36. The van der Waals surface area contributed by atoms with Crippen LogP contribution in [0.1, 0.15) is 46.7 Å². The van der Waals surface area contributed by atoms with Crippen LogP contribution < -0.4 is 5.32 Å². The number of hydrogen-bond acceptors (Lipinski definition) is 3. The SMILES string of the molecule is O=C(NCC(=O)N1CCC(N2CCC(c3ccccc3)CC2)C1)c1ccccc1C(F)(F)F. The van der Waals surface area contributed by atoms with Crippen LogP contribution in [0.3, 0.4) is 0 Å². The van der Waals surface area contributed by atoms with Crippen molar-refractivity contribution in [1.29, 1.82) is 0 Å². The molecule has 2 heterocycles. The molecule has 2 aliphatic heterocycles. The fourth-order valence-corrected chi connectivity index (χ4v) is 4.88. The minimum Gasteiger partial charge on any atom is -0.343 e. The van der Waals surface area contributed by atoms with E-state index in [1.165, 1.54) is 17.7 Å². The molecule has 2 amide bonds. The summed E-state index contributed by atoms with van der Waals surface area (Å²) in [4.78, 5) is 29.0. The maximum atomic E-state index is 13.1. The molecular formula is C25H28F3N3O2. The number of carbonyl (C=O) groups excluding carboxylic acids is 2. The molecule has 0 radical (unpaired) electrons. The second-order valence-electron chi connectivity index (χ2n) is 8.73. The molecule has 0 aromatic heterocycles. The largest absolute Gasteiger partial charge is 0.417 e. The average Bonchev–Trinajstić information content (AvgIpc) is 3.33. The number of likely N-dealkylation sites (tertiary alicyclic amines) is 2. The number of nitrogens with zero attached hydrogens (tertiary/aromatic N) is 2. The Morgan fingerprint density at radius 1 is 0.909 bits per heavy atom. The molecule has 2 aromatic rings. The van der Waals surface area contributed by atoms with Crippen molar-refractivity contribution in [2.75, 3.05) is 32.7 Å². The topological polar surface area (TPSA) is 52.7 Å². The highest BCUT2D eigenvalue weighted by Crippen LogP contribution is 2.32. The lowest BCUT2D eigenvalue weighted by Gasteiger charge is -2.36. The van der Waals surface area contributed by atoms with Gasteiger partial charge in [-0.3, -0.25) is 14.5 Å². The van der Waals surface area contributed by atoms with E-state index in [9.17, 15) is 22.8 Å². The van der Waals surface area contributed by atoms with Gasteiger partial charge in [-0.15, -0.1) is 0 Å². The molecule has 0 bridgehead atoms. The molecule has 4 rings (SSSR count). The molecule has 2 fully saturated rings. The minimum absolute atomic E-state index is 0.269. The number of piperidine rings is 1. The van der Waals surface area contributed by atoms with Crippen molar-refractivity contribution in [3.05, 3.63) is 71.3 Å². The summed E-state index contributed by atoms with van der Waals surface area (Å²) in [6, 6.07) is 15.4. The van der Waals surface area contributed by atoms with Crippen molar-refractivity contribution >= 4 is 11.8 Å². The van der Waals surface area contributed by atoms with Crippen LogP contribution in [-0.2, 0) is 11.0 Å². The van der Waals surface area contributed by atoms with Gasteiger partial charge in [-0.1, -0.05) is 42.5 Å². The molecule has 2 aromatic carbocycles. The number of carbonyl (C=O) groups is 2. The minimum atomic E-state index is -4.63.